The lowest BCUT2D eigenvalue weighted by atomic mass is 9.90. The van der Waals surface area contributed by atoms with Gasteiger partial charge in [0.05, 0.1) is 0 Å². The third kappa shape index (κ3) is 0.828. The molecule has 0 N–H and O–H groups in total. The van der Waals surface area contributed by atoms with E-state index in [-0.39, 0.29) is 5.78 Å². The van der Waals surface area contributed by atoms with Gasteiger partial charge >= 0.3 is 0 Å². The van der Waals surface area contributed by atoms with Gasteiger partial charge in [-0.3, -0.25) is 4.79 Å². The minimum Gasteiger partial charge on any atom is -0.289 e. The molecule has 0 spiro atoms. The number of allylic oxidation sites excluding steroid dienone is 1. The average molecular weight is 140 g/mol. The summed E-state index contributed by atoms with van der Waals surface area (Å²) in [6.45, 7) is 0. The lowest BCUT2D eigenvalue weighted by Gasteiger charge is -1.96. The molecule has 0 bridgehead atoms. The molecule has 0 aromatic heterocycles. The third-order valence-corrected chi connectivity index (χ3v) is 1.79. The molecule has 1 aliphatic carbocycles. The van der Waals surface area contributed by atoms with E-state index in [0.717, 1.165) is 5.56 Å². The standard InChI is InChI=1S/C9H5BO/c10-8-5-9(11)7-4-2-1-3-6(7)8/h1-5H. The maximum absolute atomic E-state index is 11.1. The zero-order valence-electron chi connectivity index (χ0n) is 5.87. The molecule has 0 fully saturated rings. The zero-order chi connectivity index (χ0) is 7.84. The lowest BCUT2D eigenvalue weighted by molar-refractivity contribution is 0.105. The van der Waals surface area contributed by atoms with Gasteiger partial charge in [-0.25, -0.2) is 0 Å². The maximum Gasteiger partial charge on any atom is 0.185 e. The number of benzene rings is 1. The molecule has 1 aromatic carbocycles. The summed E-state index contributed by atoms with van der Waals surface area (Å²) in [6, 6.07) is 7.35. The molecule has 0 unspecified atom stereocenters. The van der Waals surface area contributed by atoms with Crippen molar-refractivity contribution in [3.8, 4) is 0 Å². The van der Waals surface area contributed by atoms with Crippen LogP contribution in [0.3, 0.4) is 0 Å². The van der Waals surface area contributed by atoms with E-state index in [0.29, 0.717) is 11.0 Å². The van der Waals surface area contributed by atoms with Gasteiger partial charge in [0.15, 0.2) is 5.78 Å². The fourth-order valence-corrected chi connectivity index (χ4v) is 1.25. The monoisotopic (exact) mass is 140 g/mol. The van der Waals surface area contributed by atoms with Crippen LogP contribution in [0.2, 0.25) is 0 Å². The Kier molecular flexibility index (Phi) is 1.22. The quantitative estimate of drug-likeness (QED) is 0.497. The number of ketones is 1. The van der Waals surface area contributed by atoms with Crippen LogP contribution in [-0.4, -0.2) is 13.6 Å². The van der Waals surface area contributed by atoms with E-state index in [9.17, 15) is 4.79 Å². The second-order valence-electron chi connectivity index (χ2n) is 2.51. The second-order valence-corrected chi connectivity index (χ2v) is 2.51. The Balaban J connectivity index is 2.71. The van der Waals surface area contributed by atoms with E-state index < -0.39 is 0 Å². The first-order valence-corrected chi connectivity index (χ1v) is 3.40. The molecule has 0 amide bonds. The van der Waals surface area contributed by atoms with E-state index in [4.69, 9.17) is 7.85 Å². The van der Waals surface area contributed by atoms with E-state index in [1.54, 1.807) is 6.07 Å². The summed E-state index contributed by atoms with van der Waals surface area (Å²) in [5, 5.41) is 0. The van der Waals surface area contributed by atoms with Crippen LogP contribution in [0.4, 0.5) is 0 Å². The average Bonchev–Trinajstić information content (AvgIpc) is 2.30. The molecule has 1 aliphatic rings. The first kappa shape index (κ1) is 6.41. The van der Waals surface area contributed by atoms with Crippen LogP contribution >= 0.6 is 0 Å². The highest BCUT2D eigenvalue weighted by Gasteiger charge is 2.15. The fraction of sp³-hybridized carbons (Fsp3) is 0. The highest BCUT2D eigenvalue weighted by molar-refractivity contribution is 6.47. The number of hydrogen-bond donors (Lipinski definition) is 0. The van der Waals surface area contributed by atoms with Crippen LogP contribution in [0.1, 0.15) is 15.9 Å². The predicted molar refractivity (Wildman–Crippen MR) is 44.5 cm³/mol. The molecule has 0 atom stereocenters. The summed E-state index contributed by atoms with van der Waals surface area (Å²) in [7, 11) is 5.58. The normalized spacial score (nSPS) is 14.5. The van der Waals surface area contributed by atoms with Crippen molar-refractivity contribution in [2.24, 2.45) is 0 Å². The molecule has 0 saturated heterocycles. The van der Waals surface area contributed by atoms with Crippen LogP contribution in [0.15, 0.2) is 30.3 Å². The van der Waals surface area contributed by atoms with Crippen molar-refractivity contribution in [1.29, 1.82) is 0 Å². The molecule has 2 heteroatoms. The minimum absolute atomic E-state index is 0.0121. The van der Waals surface area contributed by atoms with Crippen LogP contribution in [0, 0.1) is 0 Å². The topological polar surface area (TPSA) is 17.1 Å². The van der Waals surface area contributed by atoms with E-state index in [2.05, 4.69) is 0 Å². The van der Waals surface area contributed by atoms with Crippen LogP contribution in [0.25, 0.3) is 5.47 Å². The summed E-state index contributed by atoms with van der Waals surface area (Å²) in [4.78, 5) is 11.1. The van der Waals surface area contributed by atoms with Gasteiger partial charge in [-0.1, -0.05) is 29.7 Å². The van der Waals surface area contributed by atoms with Crippen LogP contribution < -0.4 is 0 Å². The molecule has 2 rings (SSSR count). The highest BCUT2D eigenvalue weighted by Crippen LogP contribution is 2.23. The zero-order valence-corrected chi connectivity index (χ0v) is 5.87. The van der Waals surface area contributed by atoms with Crippen molar-refractivity contribution in [2.45, 2.75) is 0 Å². The summed E-state index contributed by atoms with van der Waals surface area (Å²) in [5.74, 6) is 0.0121. The maximum atomic E-state index is 11.1. The molecule has 50 valence electrons. The van der Waals surface area contributed by atoms with Crippen molar-refractivity contribution < 1.29 is 4.79 Å². The third-order valence-electron chi connectivity index (χ3n) is 1.79. The Morgan fingerprint density at radius 3 is 2.36 bits per heavy atom. The molecular formula is C9H5BO. The summed E-state index contributed by atoms with van der Waals surface area (Å²) < 4.78 is 0. The van der Waals surface area contributed by atoms with Gasteiger partial charge in [0, 0.05) is 5.56 Å². The van der Waals surface area contributed by atoms with Crippen molar-refractivity contribution in [3.63, 3.8) is 0 Å². The van der Waals surface area contributed by atoms with Gasteiger partial charge in [-0.05, 0) is 11.6 Å². The molecule has 11 heavy (non-hydrogen) atoms. The number of fused-ring (bicyclic) bond motifs is 1. The second kappa shape index (κ2) is 2.09. The van der Waals surface area contributed by atoms with Crippen LogP contribution in [0.5, 0.6) is 0 Å². The van der Waals surface area contributed by atoms with Gasteiger partial charge in [0.1, 0.15) is 7.85 Å². The number of hydrogen-bond acceptors (Lipinski definition) is 1. The fourth-order valence-electron chi connectivity index (χ4n) is 1.25. The van der Waals surface area contributed by atoms with E-state index >= 15 is 0 Å². The highest BCUT2D eigenvalue weighted by atomic mass is 16.1. The molecule has 1 aromatic rings. The van der Waals surface area contributed by atoms with Crippen molar-refractivity contribution in [2.75, 3.05) is 0 Å². The summed E-state index contributed by atoms with van der Waals surface area (Å²) >= 11 is 0. The first-order valence-electron chi connectivity index (χ1n) is 3.40. The molecular weight excluding hydrogens is 135 g/mol. The Morgan fingerprint density at radius 2 is 1.73 bits per heavy atom. The number of carbonyl (C=O) groups is 1. The molecule has 1 nitrogen and oxygen atoms in total. The number of rotatable bonds is 0. The Bertz CT molecular complexity index is 352. The van der Waals surface area contributed by atoms with Gasteiger partial charge in [-0.2, -0.15) is 0 Å². The molecule has 0 saturated carbocycles. The summed E-state index contributed by atoms with van der Waals surface area (Å²) in [6.07, 6.45) is 1.46. The lowest BCUT2D eigenvalue weighted by Crippen LogP contribution is -1.89. The predicted octanol–water partition coefficient (Wildman–Crippen LogP) is 1.39. The minimum atomic E-state index is 0.0121. The summed E-state index contributed by atoms with van der Waals surface area (Å²) in [5.41, 5.74) is 2.15. The Labute approximate surface area is 66.1 Å². The Morgan fingerprint density at radius 1 is 1.09 bits per heavy atom. The van der Waals surface area contributed by atoms with Gasteiger partial charge in [0.25, 0.3) is 0 Å². The van der Waals surface area contributed by atoms with E-state index in [1.807, 2.05) is 18.2 Å². The van der Waals surface area contributed by atoms with Gasteiger partial charge in [0.2, 0.25) is 0 Å². The first-order chi connectivity index (χ1) is 5.29. The smallest absolute Gasteiger partial charge is 0.185 e. The van der Waals surface area contributed by atoms with Gasteiger partial charge < -0.3 is 0 Å². The number of carbonyl (C=O) groups excluding carboxylic acids is 1. The van der Waals surface area contributed by atoms with Crippen LogP contribution in [-0.2, 0) is 0 Å². The molecule has 2 radical (unpaired) electrons. The van der Waals surface area contributed by atoms with Crippen molar-refractivity contribution in [1.82, 2.24) is 0 Å². The Hall–Kier alpha value is -1.31. The largest absolute Gasteiger partial charge is 0.289 e. The SMILES string of the molecule is [B]C1=CC(=O)c2ccccc21. The van der Waals surface area contributed by atoms with E-state index in [1.165, 1.54) is 6.08 Å². The van der Waals surface area contributed by atoms with Gasteiger partial charge in [-0.15, -0.1) is 0 Å². The molecule has 0 heterocycles. The molecule has 0 aliphatic heterocycles. The van der Waals surface area contributed by atoms with Crippen molar-refractivity contribution in [3.05, 3.63) is 41.5 Å². The van der Waals surface area contributed by atoms with Crippen molar-refractivity contribution >= 4 is 19.1 Å².